The predicted molar refractivity (Wildman–Crippen MR) is 525 cm³/mol. The summed E-state index contributed by atoms with van der Waals surface area (Å²) in [6.45, 7) is 118. The number of ether oxygens (including phenoxy) is 1. The van der Waals surface area contributed by atoms with Crippen LogP contribution in [0, 0.1) is 66.0 Å². The first-order chi connectivity index (χ1) is 53.4. The van der Waals surface area contributed by atoms with Gasteiger partial charge in [-0.1, -0.05) is 304 Å². The van der Waals surface area contributed by atoms with Crippen molar-refractivity contribution in [2.75, 3.05) is 59.0 Å². The van der Waals surface area contributed by atoms with Crippen molar-refractivity contribution in [3.05, 3.63) is 149 Å². The second-order valence-electron chi connectivity index (χ2n) is 42.6. The molecule has 0 fully saturated rings. The van der Waals surface area contributed by atoms with Crippen LogP contribution in [0.25, 0.3) is 0 Å². The van der Waals surface area contributed by atoms with Crippen LogP contribution in [0.4, 0.5) is 0 Å². The summed E-state index contributed by atoms with van der Waals surface area (Å²) in [5.74, 6) is 1.63. The number of allylic oxidation sites excluding steroid dienone is 9. The van der Waals surface area contributed by atoms with Gasteiger partial charge in [-0.05, 0) is 202 Å². The highest BCUT2D eigenvalue weighted by molar-refractivity contribution is 5.92. The molecule has 0 N–H and O–H groups in total. The molecule has 0 radical (unpaired) electrons. The van der Waals surface area contributed by atoms with Crippen molar-refractivity contribution in [1.29, 1.82) is 0 Å². The number of carbonyl (C=O) groups is 10. The minimum atomic E-state index is -0.262. The van der Waals surface area contributed by atoms with Crippen molar-refractivity contribution < 1.29 is 52.7 Å². The summed E-state index contributed by atoms with van der Waals surface area (Å²) < 4.78 is 4.92. The van der Waals surface area contributed by atoms with Gasteiger partial charge in [0.25, 0.3) is 0 Å². The lowest BCUT2D eigenvalue weighted by molar-refractivity contribution is -0.140. The molecule has 0 aliphatic rings. The number of rotatable bonds is 32. The van der Waals surface area contributed by atoms with Gasteiger partial charge in [-0.15, -0.1) is 13.2 Å². The highest BCUT2D eigenvalue weighted by atomic mass is 16.5. The summed E-state index contributed by atoms with van der Waals surface area (Å²) in [7, 11) is 0. The largest absolute Gasteiger partial charge is 0.462 e. The van der Waals surface area contributed by atoms with Crippen molar-refractivity contribution in [3.63, 3.8) is 0 Å². The third-order valence-corrected chi connectivity index (χ3v) is 16.6. The Bertz CT molecular complexity index is 3080. The van der Waals surface area contributed by atoms with E-state index in [1.54, 1.807) is 64.2 Å². The van der Waals surface area contributed by atoms with E-state index in [1.807, 2.05) is 74.1 Å². The maximum Gasteiger partial charge on any atom is 0.330 e. The number of hydrogen-bond acceptors (Lipinski definition) is 11. The first kappa shape index (κ1) is 136. The van der Waals surface area contributed by atoms with Gasteiger partial charge in [0.15, 0.2) is 28.9 Å². The molecule has 15 nitrogen and oxygen atoms in total. The van der Waals surface area contributed by atoms with E-state index < -0.39 is 0 Å². The minimum absolute atomic E-state index is 0. The molecule has 0 heterocycles. The Morgan fingerprint density at radius 3 is 0.925 bits per heavy atom. The van der Waals surface area contributed by atoms with Crippen LogP contribution in [-0.2, 0) is 52.7 Å². The topological polar surface area (TPSA) is 193 Å². The summed E-state index contributed by atoms with van der Waals surface area (Å²) in [5.41, 5.74) is 4.14. The smallest absolute Gasteiger partial charge is 0.330 e. The molecule has 0 aromatic heterocycles. The van der Waals surface area contributed by atoms with Gasteiger partial charge < -0.3 is 24.3 Å². The molecule has 0 saturated heterocycles. The van der Waals surface area contributed by atoms with Gasteiger partial charge in [-0.25, -0.2) is 4.79 Å². The number of ketones is 5. The summed E-state index contributed by atoms with van der Waals surface area (Å²) in [6, 6.07) is 0. The van der Waals surface area contributed by atoms with Crippen LogP contribution < -0.4 is 0 Å². The van der Waals surface area contributed by atoms with E-state index in [9.17, 15) is 47.9 Å². The van der Waals surface area contributed by atoms with E-state index in [-0.39, 0.29) is 120 Å². The first-order valence-electron chi connectivity index (χ1n) is 42.9. The molecule has 4 amide bonds. The standard InChI is InChI=1S/C12H21NO.C11H21NO.C11H19NO.2C11H20O.C10H19NO.2C10H18O.C9H16O2.C9H16O.CH4/c1-6-9-13(11(14)7-2)10-8-12(3,4)5;1-6-10(13)12(7-2)9-8-11(3,4)5;1-6-8-12(10(13)7-2)9-11(3,4)5;1-9(2)8-10(12)6-7-11(3,4)5;1-6-7-10(12)8-9(2)11(3,4)5;1-6-9(12)11(7-2)8-10(3,4)5;1-8(2)6-9(11)7-10(3,4)5;1-6-9(11)7-8(2)10(3,4)5;1-5-6-8(10)11-7-9(2,3)4;1-5-8(10)6-7-9(2,3)4;/h6-7H,1-2,8-10H2,3-5H3;6H,1,7-9H2,2-5H3;6-7H,1-2,8-9H2,3-5H3;8H,6-7H2,1-5H3;6-7,9H,8H2,1-5H3;6H,1,7-8H2,2-5H3;6H,7H2,1-5H3;6,8H,1,7H2,2-5H3;5-6H,7H2,1-4H3;5H,1,6-7H2,2-4H3;1H4/b;;;;7-6+;;;;6-5+;;. The maximum atomic E-state index is 11.4. The van der Waals surface area contributed by atoms with Gasteiger partial charge in [-0.2, -0.15) is 0 Å². The van der Waals surface area contributed by atoms with Gasteiger partial charge in [0.05, 0.1) is 6.61 Å². The molecular weight excluding hydrogens is 1490 g/mol. The molecule has 0 bridgehead atoms. The second-order valence-corrected chi connectivity index (χ2v) is 42.6. The van der Waals surface area contributed by atoms with Gasteiger partial charge in [0, 0.05) is 90.5 Å². The molecule has 2 unspecified atom stereocenters. The van der Waals surface area contributed by atoms with Crippen LogP contribution in [-0.4, -0.2) is 137 Å². The zero-order valence-corrected chi connectivity index (χ0v) is 84.9. The maximum absolute atomic E-state index is 11.4. The number of likely N-dealkylation sites (N-methyl/N-ethyl adjacent to an activating group) is 2. The van der Waals surface area contributed by atoms with E-state index in [2.05, 4.69) is 253 Å². The SMILES string of the molecule is C.C/C=C/C(=O)CC(C)C(C)(C)C.C/C=C/C(=O)OCC(C)(C)C.C=CC(=O)CC(C)C(C)(C)C.C=CC(=O)CCC(C)(C)C.C=CC(=O)N(CC)CC(C)(C)C.C=CC(=O)N(CC)CCC(C)(C)C.C=CCN(CC(C)(C)C)C(=O)C=C.C=CCN(CCC(C)(C)C)C(=O)C=C.CC(C)=CC(=O)CC(C)(C)C.CC(C)=CC(=O)CCC(C)(C)C. The summed E-state index contributed by atoms with van der Waals surface area (Å²) in [6.07, 6.45) is 28.9. The second kappa shape index (κ2) is 70.0. The molecule has 2 atom stereocenters. The molecule has 0 spiro atoms. The van der Waals surface area contributed by atoms with Gasteiger partial charge in [0.2, 0.25) is 23.6 Å². The van der Waals surface area contributed by atoms with E-state index in [1.165, 1.54) is 42.5 Å². The third kappa shape index (κ3) is 111. The number of amides is 4. The van der Waals surface area contributed by atoms with Crippen LogP contribution in [0.2, 0.25) is 0 Å². The molecule has 0 aliphatic carbocycles. The number of carbonyl (C=O) groups excluding carboxylic acids is 10. The molecular formula is C105H192N4O11. The summed E-state index contributed by atoms with van der Waals surface area (Å²) >= 11 is 0. The Kier molecular flexibility index (Phi) is 79.3. The van der Waals surface area contributed by atoms with E-state index in [4.69, 9.17) is 4.74 Å². The average molecular weight is 1690 g/mol. The van der Waals surface area contributed by atoms with E-state index in [0.717, 1.165) is 76.1 Å². The molecule has 120 heavy (non-hydrogen) atoms. The number of hydrogen-bond donors (Lipinski definition) is 0. The van der Waals surface area contributed by atoms with Crippen molar-refractivity contribution in [1.82, 2.24) is 19.6 Å². The Balaban J connectivity index is -0.000000122. The third-order valence-electron chi connectivity index (χ3n) is 16.6. The van der Waals surface area contributed by atoms with Crippen molar-refractivity contribution in [3.8, 4) is 0 Å². The molecule has 15 heteroatoms. The fraction of sp³-hybridized carbons (Fsp3) is 0.676. The molecule has 698 valence electrons. The van der Waals surface area contributed by atoms with Crippen LogP contribution in [0.3, 0.4) is 0 Å². The summed E-state index contributed by atoms with van der Waals surface area (Å²) in [5, 5.41) is 0. The Labute approximate surface area is 742 Å². The van der Waals surface area contributed by atoms with Gasteiger partial charge in [-0.3, -0.25) is 43.2 Å². The molecule has 0 rings (SSSR count). The molecule has 0 aromatic rings. The summed E-state index contributed by atoms with van der Waals surface area (Å²) in [4.78, 5) is 118. The van der Waals surface area contributed by atoms with Gasteiger partial charge in [0.1, 0.15) is 0 Å². The number of nitrogens with zero attached hydrogens (tertiary/aromatic N) is 4. The number of esters is 1. The van der Waals surface area contributed by atoms with Crippen molar-refractivity contribution >= 4 is 58.5 Å². The fourth-order valence-corrected chi connectivity index (χ4v) is 8.62. The Morgan fingerprint density at radius 2 is 0.642 bits per heavy atom. The van der Waals surface area contributed by atoms with Crippen molar-refractivity contribution in [2.45, 2.75) is 342 Å². The molecule has 0 aliphatic heterocycles. The fourth-order valence-electron chi connectivity index (χ4n) is 8.62. The van der Waals surface area contributed by atoms with Crippen LogP contribution in [0.15, 0.2) is 149 Å². The quantitative estimate of drug-likeness (QED) is 0.0353. The minimum Gasteiger partial charge on any atom is -0.462 e. The van der Waals surface area contributed by atoms with Gasteiger partial charge >= 0.3 is 5.97 Å². The van der Waals surface area contributed by atoms with Crippen LogP contribution >= 0.6 is 0 Å². The monoisotopic (exact) mass is 1690 g/mol. The molecule has 0 saturated carbocycles. The lowest BCUT2D eigenvalue weighted by Gasteiger charge is -2.28. The lowest BCUT2D eigenvalue weighted by Crippen LogP contribution is -2.36. The Hall–Kier alpha value is -7.42. The normalized spacial score (nSPS) is 11.7. The Morgan fingerprint density at radius 1 is 0.342 bits per heavy atom. The zero-order chi connectivity index (χ0) is 96.7. The predicted octanol–water partition coefficient (Wildman–Crippen LogP) is 27.1. The average Bonchev–Trinajstić information content (AvgIpc) is 0.916. The van der Waals surface area contributed by atoms with Crippen molar-refractivity contribution in [2.24, 2.45) is 66.0 Å². The first-order valence-corrected chi connectivity index (χ1v) is 42.9. The zero-order valence-electron chi connectivity index (χ0n) is 84.9. The van der Waals surface area contributed by atoms with Crippen LogP contribution in [0.1, 0.15) is 342 Å². The van der Waals surface area contributed by atoms with Crippen LogP contribution in [0.5, 0.6) is 0 Å². The van der Waals surface area contributed by atoms with E-state index >= 15 is 0 Å². The van der Waals surface area contributed by atoms with E-state index in [0.29, 0.717) is 63.6 Å². The highest BCUT2D eigenvalue weighted by Crippen LogP contribution is 2.30. The lowest BCUT2D eigenvalue weighted by atomic mass is 9.79. The highest BCUT2D eigenvalue weighted by Gasteiger charge is 2.25. The molecule has 0 aromatic carbocycles.